The van der Waals surface area contributed by atoms with Crippen LogP contribution in [-0.2, 0) is 9.59 Å². The average molecular weight is 313 g/mol. The highest BCUT2D eigenvalue weighted by Gasteiger charge is 2.37. The van der Waals surface area contributed by atoms with Gasteiger partial charge in [0.2, 0.25) is 5.91 Å². The minimum Gasteiger partial charge on any atom is -0.480 e. The first-order valence-corrected chi connectivity index (χ1v) is 6.11. The number of primary amides is 1. The molecule has 7 nitrogen and oxygen atoms in total. The number of rotatable bonds is 7. The maximum atomic E-state index is 12.4. The van der Waals surface area contributed by atoms with Gasteiger partial charge in [-0.1, -0.05) is 20.3 Å². The molecule has 0 aromatic heterocycles. The first-order valence-electron chi connectivity index (χ1n) is 6.11. The molecule has 0 saturated heterocycles. The standard InChI is InChI=1S/C11H18F3N3O4/c1-3-6(2)8(16-10(15)21)9(20)17(4-7(18)19)5-11(12,13)14/h6,8H,3-5H2,1-2H3,(H,18,19)(H3,15,16,21). The summed E-state index contributed by atoms with van der Waals surface area (Å²) >= 11 is 0. The van der Waals surface area contributed by atoms with Crippen LogP contribution in [0.25, 0.3) is 0 Å². The van der Waals surface area contributed by atoms with Crippen LogP contribution in [-0.4, -0.2) is 53.2 Å². The van der Waals surface area contributed by atoms with Gasteiger partial charge in [0.15, 0.2) is 0 Å². The third-order valence-electron chi connectivity index (χ3n) is 2.78. The van der Waals surface area contributed by atoms with E-state index in [9.17, 15) is 27.6 Å². The number of carbonyl (C=O) groups excluding carboxylic acids is 2. The molecule has 2 unspecified atom stereocenters. The molecule has 3 amide bonds. The zero-order chi connectivity index (χ0) is 16.8. The molecular weight excluding hydrogens is 295 g/mol. The second-order valence-corrected chi connectivity index (χ2v) is 4.58. The monoisotopic (exact) mass is 313 g/mol. The highest BCUT2D eigenvalue weighted by Crippen LogP contribution is 2.19. The van der Waals surface area contributed by atoms with Crippen molar-refractivity contribution in [2.24, 2.45) is 11.7 Å². The third-order valence-corrected chi connectivity index (χ3v) is 2.78. The summed E-state index contributed by atoms with van der Waals surface area (Å²) in [6.07, 6.45) is -4.37. The number of halogens is 3. The Kier molecular flexibility index (Phi) is 6.96. The molecule has 0 heterocycles. The molecule has 0 aliphatic rings. The van der Waals surface area contributed by atoms with Gasteiger partial charge in [-0.15, -0.1) is 0 Å². The Morgan fingerprint density at radius 1 is 1.33 bits per heavy atom. The number of aliphatic carboxylic acids is 1. The number of urea groups is 1. The predicted octanol–water partition coefficient (Wildman–Crippen LogP) is 0.545. The maximum absolute atomic E-state index is 12.4. The maximum Gasteiger partial charge on any atom is 0.406 e. The van der Waals surface area contributed by atoms with E-state index < -0.39 is 49.1 Å². The molecule has 0 bridgehead atoms. The minimum absolute atomic E-state index is 0.134. The number of carboxylic acid groups (broad SMARTS) is 1. The molecule has 21 heavy (non-hydrogen) atoms. The topological polar surface area (TPSA) is 113 Å². The van der Waals surface area contributed by atoms with Gasteiger partial charge in [0.05, 0.1) is 0 Å². The van der Waals surface area contributed by atoms with Crippen LogP contribution >= 0.6 is 0 Å². The van der Waals surface area contributed by atoms with Crippen LogP contribution in [0, 0.1) is 5.92 Å². The lowest BCUT2D eigenvalue weighted by molar-refractivity contribution is -0.167. The van der Waals surface area contributed by atoms with Crippen molar-refractivity contribution in [2.75, 3.05) is 13.1 Å². The summed E-state index contributed by atoms with van der Waals surface area (Å²) < 4.78 is 37.3. The van der Waals surface area contributed by atoms with Gasteiger partial charge in [-0.25, -0.2) is 4.79 Å². The van der Waals surface area contributed by atoms with Gasteiger partial charge in [-0.3, -0.25) is 9.59 Å². The van der Waals surface area contributed by atoms with Crippen LogP contribution in [0.1, 0.15) is 20.3 Å². The van der Waals surface area contributed by atoms with E-state index in [0.29, 0.717) is 6.42 Å². The Morgan fingerprint density at radius 2 is 1.86 bits per heavy atom. The Bertz CT molecular complexity index is 401. The molecule has 122 valence electrons. The summed E-state index contributed by atoms with van der Waals surface area (Å²) in [4.78, 5) is 33.7. The molecule has 0 fully saturated rings. The van der Waals surface area contributed by atoms with Gasteiger partial charge < -0.3 is 21.1 Å². The number of nitrogens with two attached hydrogens (primary N) is 1. The number of carbonyl (C=O) groups is 3. The Labute approximate surface area is 119 Å². The Balaban J connectivity index is 5.26. The summed E-state index contributed by atoms with van der Waals surface area (Å²) in [5.74, 6) is -3.23. The van der Waals surface area contributed by atoms with Crippen LogP contribution < -0.4 is 11.1 Å². The molecule has 0 aromatic carbocycles. The first kappa shape index (κ1) is 19.0. The van der Waals surface area contributed by atoms with Gasteiger partial charge in [-0.2, -0.15) is 13.2 Å². The molecule has 0 radical (unpaired) electrons. The van der Waals surface area contributed by atoms with Crippen molar-refractivity contribution in [3.8, 4) is 0 Å². The van der Waals surface area contributed by atoms with Crippen LogP contribution in [0.2, 0.25) is 0 Å². The molecule has 0 aromatic rings. The van der Waals surface area contributed by atoms with Crippen LogP contribution in [0.15, 0.2) is 0 Å². The summed E-state index contributed by atoms with van der Waals surface area (Å²) in [5, 5.41) is 10.7. The minimum atomic E-state index is -4.75. The zero-order valence-electron chi connectivity index (χ0n) is 11.6. The van der Waals surface area contributed by atoms with Crippen LogP contribution in [0.5, 0.6) is 0 Å². The molecule has 0 saturated carbocycles. The fourth-order valence-corrected chi connectivity index (χ4v) is 1.62. The summed E-state index contributed by atoms with van der Waals surface area (Å²) in [6.45, 7) is 0.362. The molecule has 0 rings (SSSR count). The summed E-state index contributed by atoms with van der Waals surface area (Å²) in [6, 6.07) is -2.38. The normalized spacial score (nSPS) is 14.1. The fraction of sp³-hybridized carbons (Fsp3) is 0.727. The molecule has 2 atom stereocenters. The number of nitrogens with zero attached hydrogens (tertiary/aromatic N) is 1. The van der Waals surface area contributed by atoms with E-state index in [4.69, 9.17) is 10.8 Å². The lowest BCUT2D eigenvalue weighted by Gasteiger charge is -2.29. The van der Waals surface area contributed by atoms with Gasteiger partial charge in [-0.05, 0) is 5.92 Å². The van der Waals surface area contributed by atoms with E-state index in [2.05, 4.69) is 5.32 Å². The fourth-order valence-electron chi connectivity index (χ4n) is 1.62. The van der Waals surface area contributed by atoms with Crippen molar-refractivity contribution in [3.63, 3.8) is 0 Å². The van der Waals surface area contributed by atoms with Crippen molar-refractivity contribution < 1.29 is 32.7 Å². The number of amides is 3. The SMILES string of the molecule is CCC(C)C(NC(N)=O)C(=O)N(CC(=O)O)CC(F)(F)F. The van der Waals surface area contributed by atoms with E-state index >= 15 is 0 Å². The molecule has 10 heteroatoms. The van der Waals surface area contributed by atoms with E-state index in [1.54, 1.807) is 6.92 Å². The summed E-state index contributed by atoms with van der Waals surface area (Å²) in [7, 11) is 0. The van der Waals surface area contributed by atoms with Crippen molar-refractivity contribution in [1.29, 1.82) is 0 Å². The lowest BCUT2D eigenvalue weighted by Crippen LogP contribution is -2.55. The zero-order valence-corrected chi connectivity index (χ0v) is 11.6. The molecule has 0 spiro atoms. The van der Waals surface area contributed by atoms with E-state index in [1.165, 1.54) is 6.92 Å². The first-order chi connectivity index (χ1) is 9.47. The van der Waals surface area contributed by atoms with Crippen LogP contribution in [0.3, 0.4) is 0 Å². The lowest BCUT2D eigenvalue weighted by atomic mass is 9.98. The predicted molar refractivity (Wildman–Crippen MR) is 66.2 cm³/mol. The van der Waals surface area contributed by atoms with Gasteiger partial charge >= 0.3 is 18.2 Å². The Morgan fingerprint density at radius 3 is 2.19 bits per heavy atom. The number of nitrogens with one attached hydrogen (secondary N) is 1. The van der Waals surface area contributed by atoms with Gasteiger partial charge in [0, 0.05) is 0 Å². The summed E-state index contributed by atoms with van der Waals surface area (Å²) in [5.41, 5.74) is 4.89. The van der Waals surface area contributed by atoms with Crippen LogP contribution in [0.4, 0.5) is 18.0 Å². The number of hydrogen-bond donors (Lipinski definition) is 3. The third kappa shape index (κ3) is 7.37. The van der Waals surface area contributed by atoms with Gasteiger partial charge in [0.25, 0.3) is 0 Å². The highest BCUT2D eigenvalue weighted by molar-refractivity contribution is 5.89. The number of carboxylic acids is 1. The Hall–Kier alpha value is -2.00. The number of hydrogen-bond acceptors (Lipinski definition) is 3. The van der Waals surface area contributed by atoms with Crippen molar-refractivity contribution in [3.05, 3.63) is 0 Å². The molecule has 4 N–H and O–H groups in total. The molecule has 0 aliphatic heterocycles. The molecule has 0 aliphatic carbocycles. The van der Waals surface area contributed by atoms with Crippen molar-refractivity contribution >= 4 is 17.9 Å². The quantitative estimate of drug-likeness (QED) is 0.637. The molecular formula is C11H18F3N3O4. The van der Waals surface area contributed by atoms with E-state index in [-0.39, 0.29) is 4.90 Å². The average Bonchev–Trinajstić information content (AvgIpc) is 2.30. The van der Waals surface area contributed by atoms with Crippen molar-refractivity contribution in [1.82, 2.24) is 10.2 Å². The number of alkyl halides is 3. The van der Waals surface area contributed by atoms with Crippen molar-refractivity contribution in [2.45, 2.75) is 32.5 Å². The van der Waals surface area contributed by atoms with E-state index in [1.807, 2.05) is 0 Å². The smallest absolute Gasteiger partial charge is 0.406 e. The largest absolute Gasteiger partial charge is 0.480 e. The van der Waals surface area contributed by atoms with Gasteiger partial charge in [0.1, 0.15) is 19.1 Å². The second kappa shape index (κ2) is 7.70. The second-order valence-electron chi connectivity index (χ2n) is 4.58. The van der Waals surface area contributed by atoms with E-state index in [0.717, 1.165) is 0 Å². The highest BCUT2D eigenvalue weighted by atomic mass is 19.4.